The summed E-state index contributed by atoms with van der Waals surface area (Å²) in [5.74, 6) is -0.870. The van der Waals surface area contributed by atoms with E-state index in [1.807, 2.05) is 24.3 Å². The molecule has 0 aliphatic carbocycles. The van der Waals surface area contributed by atoms with Crippen LogP contribution in [0.2, 0.25) is 0 Å². The van der Waals surface area contributed by atoms with E-state index in [1.54, 1.807) is 7.11 Å². The van der Waals surface area contributed by atoms with Crippen LogP contribution in [0, 0.1) is 11.6 Å². The van der Waals surface area contributed by atoms with Gasteiger partial charge in [0.1, 0.15) is 28.9 Å². The number of anilines is 2. The molecule has 0 radical (unpaired) electrons. The lowest BCUT2D eigenvalue weighted by Crippen LogP contribution is -2.23. The van der Waals surface area contributed by atoms with Gasteiger partial charge in [0, 0.05) is 18.3 Å². The molecule has 0 saturated carbocycles. The van der Waals surface area contributed by atoms with Crippen LogP contribution in [0.4, 0.5) is 20.3 Å². The number of pyridine rings is 1. The molecule has 1 amide bonds. The summed E-state index contributed by atoms with van der Waals surface area (Å²) in [6.07, 6.45) is 1.33. The predicted molar refractivity (Wildman–Crippen MR) is 98.0 cm³/mol. The van der Waals surface area contributed by atoms with Crippen molar-refractivity contribution in [1.29, 1.82) is 0 Å². The Labute approximate surface area is 155 Å². The normalized spacial score (nSPS) is 10.3. The smallest absolute Gasteiger partial charge is 0.253 e. The first-order chi connectivity index (χ1) is 13.1. The number of nitrogens with zero attached hydrogens (tertiary/aromatic N) is 1. The summed E-state index contributed by atoms with van der Waals surface area (Å²) < 4.78 is 32.6. The molecule has 1 aromatic heterocycles. The monoisotopic (exact) mass is 369 g/mol. The Kier molecular flexibility index (Phi) is 5.61. The molecule has 27 heavy (non-hydrogen) atoms. The van der Waals surface area contributed by atoms with E-state index in [-0.39, 0.29) is 17.4 Å². The molecular weight excluding hydrogens is 352 g/mol. The van der Waals surface area contributed by atoms with Gasteiger partial charge in [0.05, 0.1) is 12.7 Å². The third-order valence-electron chi connectivity index (χ3n) is 3.87. The highest BCUT2D eigenvalue weighted by molar-refractivity contribution is 5.94. The summed E-state index contributed by atoms with van der Waals surface area (Å²) >= 11 is 0. The Bertz CT molecular complexity index is 926. The third kappa shape index (κ3) is 4.38. The third-order valence-corrected chi connectivity index (χ3v) is 3.87. The van der Waals surface area contributed by atoms with Gasteiger partial charge in [0.2, 0.25) is 0 Å². The van der Waals surface area contributed by atoms with E-state index >= 15 is 0 Å². The lowest BCUT2D eigenvalue weighted by Gasteiger charge is -2.10. The lowest BCUT2D eigenvalue weighted by atomic mass is 10.2. The highest BCUT2D eigenvalue weighted by Crippen LogP contribution is 2.22. The van der Waals surface area contributed by atoms with Crippen molar-refractivity contribution in [2.75, 3.05) is 12.4 Å². The molecule has 0 bridgehead atoms. The summed E-state index contributed by atoms with van der Waals surface area (Å²) in [6, 6.07) is 13.9. The summed E-state index contributed by atoms with van der Waals surface area (Å²) in [6.45, 7) is 0.295. The topological polar surface area (TPSA) is 63.2 Å². The second kappa shape index (κ2) is 8.27. The van der Waals surface area contributed by atoms with Gasteiger partial charge in [-0.05, 0) is 30.3 Å². The lowest BCUT2D eigenvalue weighted by molar-refractivity contribution is 0.0950. The van der Waals surface area contributed by atoms with Crippen LogP contribution in [-0.4, -0.2) is 18.0 Å². The maximum atomic E-state index is 13.7. The minimum Gasteiger partial charge on any atom is -0.496 e. The Balaban J connectivity index is 1.65. The molecule has 0 fully saturated rings. The number of carbonyl (C=O) groups excluding carboxylic acids is 1. The molecule has 3 aromatic rings. The first-order valence-electron chi connectivity index (χ1n) is 8.15. The zero-order chi connectivity index (χ0) is 19.2. The van der Waals surface area contributed by atoms with Gasteiger partial charge in [0.15, 0.2) is 0 Å². The number of ether oxygens (including phenoxy) is 1. The van der Waals surface area contributed by atoms with E-state index in [1.165, 1.54) is 24.4 Å². The average molecular weight is 369 g/mol. The van der Waals surface area contributed by atoms with E-state index in [9.17, 15) is 13.6 Å². The molecule has 0 unspecified atom stereocenters. The van der Waals surface area contributed by atoms with Crippen LogP contribution in [0.3, 0.4) is 0 Å². The maximum absolute atomic E-state index is 13.7. The van der Waals surface area contributed by atoms with Gasteiger partial charge in [-0.2, -0.15) is 0 Å². The number of amides is 1. The van der Waals surface area contributed by atoms with Crippen molar-refractivity contribution >= 4 is 17.4 Å². The highest BCUT2D eigenvalue weighted by atomic mass is 19.1. The van der Waals surface area contributed by atoms with Gasteiger partial charge >= 0.3 is 0 Å². The van der Waals surface area contributed by atoms with Gasteiger partial charge in [-0.3, -0.25) is 4.79 Å². The van der Waals surface area contributed by atoms with Gasteiger partial charge in [0.25, 0.3) is 5.91 Å². The molecule has 2 aromatic carbocycles. The number of rotatable bonds is 6. The zero-order valence-electron chi connectivity index (χ0n) is 14.5. The van der Waals surface area contributed by atoms with Gasteiger partial charge in [-0.1, -0.05) is 24.3 Å². The number of para-hydroxylation sites is 2. The summed E-state index contributed by atoms with van der Waals surface area (Å²) in [5, 5.41) is 5.35. The predicted octanol–water partition coefficient (Wildman–Crippen LogP) is 4.04. The number of hydrogen-bond donors (Lipinski definition) is 2. The van der Waals surface area contributed by atoms with E-state index in [0.29, 0.717) is 17.9 Å². The number of nitrogens with one attached hydrogen (secondary N) is 2. The largest absolute Gasteiger partial charge is 0.496 e. The fourth-order valence-corrected chi connectivity index (χ4v) is 2.47. The van der Waals surface area contributed by atoms with Gasteiger partial charge < -0.3 is 15.4 Å². The number of hydrogen-bond acceptors (Lipinski definition) is 4. The van der Waals surface area contributed by atoms with Crippen molar-refractivity contribution < 1.29 is 18.3 Å². The fraction of sp³-hybridized carbons (Fsp3) is 0.100. The van der Waals surface area contributed by atoms with Crippen molar-refractivity contribution in [3.63, 3.8) is 0 Å². The molecule has 3 rings (SSSR count). The fourth-order valence-electron chi connectivity index (χ4n) is 2.47. The standard InChI is InChI=1S/C20H17F2N3O2/c1-27-17-8-3-2-5-13(17)11-24-20(26)14-9-10-18(23-12-14)25-19-15(21)6-4-7-16(19)22/h2-10,12H,11H2,1H3,(H,23,25)(H,24,26). The molecule has 138 valence electrons. The first-order valence-corrected chi connectivity index (χ1v) is 8.15. The minimum absolute atomic E-state index is 0.222. The molecule has 0 aliphatic heterocycles. The number of aromatic nitrogens is 1. The van der Waals surface area contributed by atoms with Crippen LogP contribution in [0.25, 0.3) is 0 Å². The quantitative estimate of drug-likeness (QED) is 0.688. The number of methoxy groups -OCH3 is 1. The summed E-state index contributed by atoms with van der Waals surface area (Å²) in [7, 11) is 1.56. The van der Waals surface area contributed by atoms with E-state index in [0.717, 1.165) is 17.7 Å². The van der Waals surface area contributed by atoms with Crippen molar-refractivity contribution in [3.05, 3.63) is 83.6 Å². The van der Waals surface area contributed by atoms with Crippen LogP contribution in [0.1, 0.15) is 15.9 Å². The molecule has 2 N–H and O–H groups in total. The average Bonchev–Trinajstić information content (AvgIpc) is 2.69. The van der Waals surface area contributed by atoms with Crippen molar-refractivity contribution in [3.8, 4) is 5.75 Å². The highest BCUT2D eigenvalue weighted by Gasteiger charge is 2.11. The molecule has 0 spiro atoms. The van der Waals surface area contributed by atoms with Gasteiger partial charge in [-0.25, -0.2) is 13.8 Å². The van der Waals surface area contributed by atoms with Crippen LogP contribution in [0.15, 0.2) is 60.8 Å². The van der Waals surface area contributed by atoms with Crippen LogP contribution in [0.5, 0.6) is 5.75 Å². The summed E-state index contributed by atoms with van der Waals surface area (Å²) in [5.41, 5.74) is 0.873. The molecule has 0 saturated heterocycles. The van der Waals surface area contributed by atoms with Crippen LogP contribution < -0.4 is 15.4 Å². The van der Waals surface area contributed by atoms with E-state index in [2.05, 4.69) is 15.6 Å². The zero-order valence-corrected chi connectivity index (χ0v) is 14.5. The maximum Gasteiger partial charge on any atom is 0.253 e. The summed E-state index contributed by atoms with van der Waals surface area (Å²) in [4.78, 5) is 16.3. The first kappa shape index (κ1) is 18.3. The number of carbonyl (C=O) groups is 1. The minimum atomic E-state index is -0.726. The molecule has 7 heteroatoms. The van der Waals surface area contributed by atoms with Crippen LogP contribution in [-0.2, 0) is 6.54 Å². The molecule has 5 nitrogen and oxygen atoms in total. The Morgan fingerprint density at radius 1 is 1.04 bits per heavy atom. The van der Waals surface area contributed by atoms with Crippen molar-refractivity contribution in [2.45, 2.75) is 6.54 Å². The molecular formula is C20H17F2N3O2. The molecule has 0 aliphatic rings. The Morgan fingerprint density at radius 2 is 1.78 bits per heavy atom. The second-order valence-corrected chi connectivity index (χ2v) is 5.65. The van der Waals surface area contributed by atoms with Gasteiger partial charge in [-0.15, -0.1) is 0 Å². The van der Waals surface area contributed by atoms with Crippen molar-refractivity contribution in [2.24, 2.45) is 0 Å². The molecule has 1 heterocycles. The van der Waals surface area contributed by atoms with Crippen molar-refractivity contribution in [1.82, 2.24) is 10.3 Å². The Morgan fingerprint density at radius 3 is 2.44 bits per heavy atom. The van der Waals surface area contributed by atoms with E-state index < -0.39 is 11.6 Å². The Hall–Kier alpha value is -3.48. The molecule has 0 atom stereocenters. The number of halogens is 2. The van der Waals surface area contributed by atoms with E-state index in [4.69, 9.17) is 4.74 Å². The second-order valence-electron chi connectivity index (χ2n) is 5.65. The number of benzene rings is 2. The SMILES string of the molecule is COc1ccccc1CNC(=O)c1ccc(Nc2c(F)cccc2F)nc1. The van der Waals surface area contributed by atoms with Crippen LogP contribution >= 0.6 is 0 Å².